The monoisotopic (exact) mass is 350 g/mol. The lowest BCUT2D eigenvalue weighted by molar-refractivity contribution is -0.137. The van der Waals surface area contributed by atoms with Gasteiger partial charge >= 0.3 is 5.97 Å². The summed E-state index contributed by atoms with van der Waals surface area (Å²) in [4.78, 5) is 24.6. The van der Waals surface area contributed by atoms with Gasteiger partial charge in [-0.15, -0.1) is 5.10 Å². The van der Waals surface area contributed by atoms with Crippen LogP contribution < -0.4 is 0 Å². The first kappa shape index (κ1) is 17.9. The largest absolute Gasteiger partial charge is 0.481 e. The molecule has 0 aliphatic carbocycles. The van der Waals surface area contributed by atoms with Crippen molar-refractivity contribution in [2.45, 2.75) is 26.2 Å². The van der Waals surface area contributed by atoms with Crippen LogP contribution in [0.25, 0.3) is 5.69 Å². The molecule has 2 aromatic rings. The van der Waals surface area contributed by atoms with Crippen molar-refractivity contribution in [1.82, 2.24) is 19.9 Å². The van der Waals surface area contributed by atoms with Crippen molar-refractivity contribution in [3.05, 3.63) is 40.7 Å². The molecule has 128 valence electrons. The molecule has 0 saturated carbocycles. The minimum absolute atomic E-state index is 0.0213. The van der Waals surface area contributed by atoms with E-state index in [0.29, 0.717) is 30.1 Å². The SMILES string of the molecule is CCc1c(C(=O)N(C)CCCC(=O)O)nnn1-c1cccc(Cl)c1. The van der Waals surface area contributed by atoms with Crippen LogP contribution in [0.5, 0.6) is 0 Å². The van der Waals surface area contributed by atoms with Crippen LogP contribution in [0.1, 0.15) is 35.9 Å². The Bertz CT molecular complexity index is 745. The lowest BCUT2D eigenvalue weighted by atomic mass is 10.2. The van der Waals surface area contributed by atoms with Crippen molar-refractivity contribution in [3.63, 3.8) is 0 Å². The molecule has 0 fully saturated rings. The Morgan fingerprint density at radius 3 is 2.75 bits per heavy atom. The first-order valence-corrected chi connectivity index (χ1v) is 7.99. The molecular weight excluding hydrogens is 332 g/mol. The van der Waals surface area contributed by atoms with Crippen LogP contribution in [0.4, 0.5) is 0 Å². The minimum atomic E-state index is -0.878. The Morgan fingerprint density at radius 1 is 1.38 bits per heavy atom. The van der Waals surface area contributed by atoms with Gasteiger partial charge in [-0.05, 0) is 31.0 Å². The number of carboxylic acids is 1. The zero-order valence-electron chi connectivity index (χ0n) is 13.6. The molecule has 0 saturated heterocycles. The van der Waals surface area contributed by atoms with Crippen molar-refractivity contribution in [1.29, 1.82) is 0 Å². The molecule has 1 N–H and O–H groups in total. The minimum Gasteiger partial charge on any atom is -0.481 e. The first-order chi connectivity index (χ1) is 11.4. The summed E-state index contributed by atoms with van der Waals surface area (Å²) in [6.07, 6.45) is 0.985. The van der Waals surface area contributed by atoms with E-state index in [0.717, 1.165) is 5.69 Å². The zero-order chi connectivity index (χ0) is 17.7. The molecule has 1 heterocycles. The fraction of sp³-hybridized carbons (Fsp3) is 0.375. The number of aromatic nitrogens is 3. The van der Waals surface area contributed by atoms with E-state index in [1.807, 2.05) is 13.0 Å². The average Bonchev–Trinajstić information content (AvgIpc) is 2.97. The van der Waals surface area contributed by atoms with E-state index in [1.165, 1.54) is 4.90 Å². The predicted octanol–water partition coefficient (Wildman–Crippen LogP) is 2.42. The molecule has 0 aliphatic heterocycles. The van der Waals surface area contributed by atoms with E-state index in [4.69, 9.17) is 16.7 Å². The van der Waals surface area contributed by atoms with Crippen LogP contribution in [0.2, 0.25) is 5.02 Å². The summed E-state index contributed by atoms with van der Waals surface area (Å²) in [7, 11) is 1.63. The average molecular weight is 351 g/mol. The Labute approximate surface area is 144 Å². The van der Waals surface area contributed by atoms with Crippen molar-refractivity contribution in [3.8, 4) is 5.69 Å². The number of nitrogens with zero attached hydrogens (tertiary/aromatic N) is 4. The lowest BCUT2D eigenvalue weighted by Crippen LogP contribution is -2.29. The molecule has 0 radical (unpaired) electrons. The fourth-order valence-corrected chi connectivity index (χ4v) is 2.53. The number of halogens is 1. The molecule has 0 atom stereocenters. The Hall–Kier alpha value is -2.41. The van der Waals surface area contributed by atoms with E-state index in [9.17, 15) is 9.59 Å². The van der Waals surface area contributed by atoms with Crippen LogP contribution in [-0.4, -0.2) is 50.5 Å². The summed E-state index contributed by atoms with van der Waals surface area (Å²) in [5.41, 5.74) is 1.70. The number of hydrogen-bond donors (Lipinski definition) is 1. The molecule has 0 aliphatic rings. The molecule has 0 spiro atoms. The first-order valence-electron chi connectivity index (χ1n) is 7.61. The number of hydrogen-bond acceptors (Lipinski definition) is 4. The molecular formula is C16H19ClN4O3. The van der Waals surface area contributed by atoms with Gasteiger partial charge in [-0.1, -0.05) is 29.8 Å². The normalized spacial score (nSPS) is 10.6. The number of rotatable bonds is 7. The predicted molar refractivity (Wildman–Crippen MR) is 89.6 cm³/mol. The van der Waals surface area contributed by atoms with Crippen molar-refractivity contribution >= 4 is 23.5 Å². The number of carboxylic acid groups (broad SMARTS) is 1. The highest BCUT2D eigenvalue weighted by molar-refractivity contribution is 6.30. The molecule has 7 nitrogen and oxygen atoms in total. The Kier molecular flexibility index (Phi) is 5.92. The molecule has 1 aromatic carbocycles. The summed E-state index contributed by atoms with van der Waals surface area (Å²) >= 11 is 6.01. The lowest BCUT2D eigenvalue weighted by Gasteiger charge is -2.16. The number of aliphatic carboxylic acids is 1. The number of benzene rings is 1. The van der Waals surface area contributed by atoms with Gasteiger partial charge in [0.25, 0.3) is 5.91 Å². The Morgan fingerprint density at radius 2 is 2.12 bits per heavy atom. The maximum Gasteiger partial charge on any atom is 0.303 e. The van der Waals surface area contributed by atoms with E-state index in [1.54, 1.807) is 29.9 Å². The summed E-state index contributed by atoms with van der Waals surface area (Å²) in [5.74, 6) is -1.15. The second kappa shape index (κ2) is 7.92. The maximum absolute atomic E-state index is 12.5. The van der Waals surface area contributed by atoms with Gasteiger partial charge in [0.2, 0.25) is 0 Å². The smallest absolute Gasteiger partial charge is 0.303 e. The number of amides is 1. The van der Waals surface area contributed by atoms with Gasteiger partial charge in [-0.2, -0.15) is 0 Å². The molecule has 8 heteroatoms. The van der Waals surface area contributed by atoms with Crippen LogP contribution in [-0.2, 0) is 11.2 Å². The second-order valence-electron chi connectivity index (χ2n) is 5.35. The van der Waals surface area contributed by atoms with E-state index in [2.05, 4.69) is 10.3 Å². The highest BCUT2D eigenvalue weighted by atomic mass is 35.5. The van der Waals surface area contributed by atoms with Crippen LogP contribution in [0.3, 0.4) is 0 Å². The third kappa shape index (κ3) is 4.11. The van der Waals surface area contributed by atoms with Gasteiger partial charge in [0.05, 0.1) is 11.4 Å². The topological polar surface area (TPSA) is 88.3 Å². The number of carbonyl (C=O) groups is 2. The van der Waals surface area contributed by atoms with Crippen LogP contribution in [0, 0.1) is 0 Å². The molecule has 24 heavy (non-hydrogen) atoms. The Balaban J connectivity index is 2.22. The van der Waals surface area contributed by atoms with E-state index in [-0.39, 0.29) is 18.0 Å². The van der Waals surface area contributed by atoms with Gasteiger partial charge in [-0.3, -0.25) is 9.59 Å². The highest BCUT2D eigenvalue weighted by Crippen LogP contribution is 2.18. The van der Waals surface area contributed by atoms with E-state index < -0.39 is 5.97 Å². The summed E-state index contributed by atoms with van der Waals surface area (Å²) < 4.78 is 1.60. The van der Waals surface area contributed by atoms with Crippen LogP contribution >= 0.6 is 11.6 Å². The van der Waals surface area contributed by atoms with Crippen LogP contribution in [0.15, 0.2) is 24.3 Å². The number of carbonyl (C=O) groups excluding carboxylic acids is 1. The maximum atomic E-state index is 12.5. The van der Waals surface area contributed by atoms with Gasteiger partial charge in [-0.25, -0.2) is 4.68 Å². The second-order valence-corrected chi connectivity index (χ2v) is 5.79. The fourth-order valence-electron chi connectivity index (χ4n) is 2.35. The van der Waals surface area contributed by atoms with Crippen molar-refractivity contribution in [2.24, 2.45) is 0 Å². The molecule has 0 unspecified atom stereocenters. The van der Waals surface area contributed by atoms with E-state index >= 15 is 0 Å². The quantitative estimate of drug-likeness (QED) is 0.828. The molecule has 1 aromatic heterocycles. The molecule has 0 bridgehead atoms. The third-order valence-corrected chi connectivity index (χ3v) is 3.82. The van der Waals surface area contributed by atoms with Gasteiger partial charge < -0.3 is 10.0 Å². The van der Waals surface area contributed by atoms with Crippen molar-refractivity contribution in [2.75, 3.05) is 13.6 Å². The highest BCUT2D eigenvalue weighted by Gasteiger charge is 2.22. The molecule has 1 amide bonds. The molecule has 2 rings (SSSR count). The third-order valence-electron chi connectivity index (χ3n) is 3.58. The standard InChI is InChI=1S/C16H19ClN4O3/c1-3-13-15(16(24)20(2)9-5-8-14(22)23)18-19-21(13)12-7-4-6-11(17)10-12/h4,6-7,10H,3,5,8-9H2,1-2H3,(H,22,23). The summed E-state index contributed by atoms with van der Waals surface area (Å²) in [6.45, 7) is 2.26. The van der Waals surface area contributed by atoms with Gasteiger partial charge in [0.1, 0.15) is 0 Å². The summed E-state index contributed by atoms with van der Waals surface area (Å²) in [6, 6.07) is 7.15. The summed E-state index contributed by atoms with van der Waals surface area (Å²) in [5, 5.41) is 17.3. The zero-order valence-corrected chi connectivity index (χ0v) is 14.3. The van der Waals surface area contributed by atoms with Gasteiger partial charge in [0.15, 0.2) is 5.69 Å². The van der Waals surface area contributed by atoms with Crippen molar-refractivity contribution < 1.29 is 14.7 Å². The van der Waals surface area contributed by atoms with Gasteiger partial charge in [0, 0.05) is 25.0 Å².